The zero-order chi connectivity index (χ0) is 11.4. The van der Waals surface area contributed by atoms with Crippen molar-refractivity contribution in [2.75, 3.05) is 0 Å². The predicted octanol–water partition coefficient (Wildman–Crippen LogP) is 3.74. The molecule has 0 spiro atoms. The molecule has 84 valence electrons. The van der Waals surface area contributed by atoms with E-state index >= 15 is 0 Å². The van der Waals surface area contributed by atoms with Gasteiger partial charge in [0.1, 0.15) is 5.82 Å². The van der Waals surface area contributed by atoms with Gasteiger partial charge in [-0.1, -0.05) is 19.9 Å². The Bertz CT molecular complexity index is 325. The summed E-state index contributed by atoms with van der Waals surface area (Å²) in [5.41, 5.74) is 6.42. The van der Waals surface area contributed by atoms with E-state index in [1.54, 1.807) is 17.8 Å². The van der Waals surface area contributed by atoms with Crippen LogP contribution in [0.3, 0.4) is 0 Å². The lowest BCUT2D eigenvalue weighted by molar-refractivity contribution is 0.585. The number of benzene rings is 1. The summed E-state index contributed by atoms with van der Waals surface area (Å²) in [6.45, 7) is 6.09. The topological polar surface area (TPSA) is 26.0 Å². The lowest BCUT2D eigenvalue weighted by Crippen LogP contribution is -2.09. The monoisotopic (exact) mass is 227 g/mol. The van der Waals surface area contributed by atoms with Crippen LogP contribution in [0.25, 0.3) is 0 Å². The van der Waals surface area contributed by atoms with Gasteiger partial charge >= 0.3 is 0 Å². The molecule has 1 rings (SSSR count). The average Bonchev–Trinajstić information content (AvgIpc) is 2.17. The van der Waals surface area contributed by atoms with E-state index in [2.05, 4.69) is 13.8 Å². The molecule has 0 saturated carbocycles. The molecule has 3 heteroatoms. The van der Waals surface area contributed by atoms with Crippen LogP contribution >= 0.6 is 11.8 Å². The quantitative estimate of drug-likeness (QED) is 0.793. The van der Waals surface area contributed by atoms with E-state index < -0.39 is 0 Å². The average molecular weight is 227 g/mol. The Hall–Kier alpha value is -0.540. The molecule has 1 aromatic rings. The molecule has 1 nitrogen and oxygen atoms in total. The minimum Gasteiger partial charge on any atom is -0.324 e. The van der Waals surface area contributed by atoms with Crippen molar-refractivity contribution in [2.24, 2.45) is 5.73 Å². The zero-order valence-corrected chi connectivity index (χ0v) is 10.3. The molecule has 0 aliphatic rings. The van der Waals surface area contributed by atoms with Crippen molar-refractivity contribution in [3.8, 4) is 0 Å². The van der Waals surface area contributed by atoms with Crippen molar-refractivity contribution in [2.45, 2.75) is 43.4 Å². The smallest absolute Gasteiger partial charge is 0.129 e. The van der Waals surface area contributed by atoms with Crippen LogP contribution in [0.15, 0.2) is 23.1 Å². The molecular weight excluding hydrogens is 209 g/mol. The molecule has 0 saturated heterocycles. The minimum atomic E-state index is -0.252. The number of rotatable bonds is 4. The zero-order valence-electron chi connectivity index (χ0n) is 9.46. The normalized spacial score (nSPS) is 15.0. The van der Waals surface area contributed by atoms with E-state index in [-0.39, 0.29) is 11.9 Å². The molecule has 1 aromatic carbocycles. The van der Waals surface area contributed by atoms with Crippen LogP contribution in [0.1, 0.15) is 38.8 Å². The molecule has 0 aliphatic carbocycles. The SMILES string of the molecule is CCC(C)Sc1cccc(F)c1[C@@H](C)N. The first-order valence-electron chi connectivity index (χ1n) is 5.26. The fourth-order valence-corrected chi connectivity index (χ4v) is 2.53. The fourth-order valence-electron chi connectivity index (χ4n) is 1.36. The van der Waals surface area contributed by atoms with Crippen molar-refractivity contribution < 1.29 is 4.39 Å². The van der Waals surface area contributed by atoms with Crippen LogP contribution < -0.4 is 5.73 Å². The molecule has 0 heterocycles. The molecule has 2 atom stereocenters. The molecule has 2 N–H and O–H groups in total. The molecule has 0 amide bonds. The molecule has 0 radical (unpaired) electrons. The third-order valence-corrected chi connectivity index (χ3v) is 3.72. The molecular formula is C12H18FNS. The highest BCUT2D eigenvalue weighted by atomic mass is 32.2. The van der Waals surface area contributed by atoms with Gasteiger partial charge in [0.15, 0.2) is 0 Å². The molecule has 0 bridgehead atoms. The standard InChI is InChI=1S/C12H18FNS/c1-4-8(2)15-11-7-5-6-10(13)12(11)9(3)14/h5-9H,4,14H2,1-3H3/t8?,9-/m1/s1. The maximum Gasteiger partial charge on any atom is 0.129 e. The largest absolute Gasteiger partial charge is 0.324 e. The fraction of sp³-hybridized carbons (Fsp3) is 0.500. The lowest BCUT2D eigenvalue weighted by atomic mass is 10.1. The van der Waals surface area contributed by atoms with E-state index in [0.29, 0.717) is 10.8 Å². The van der Waals surface area contributed by atoms with Crippen molar-refractivity contribution in [1.82, 2.24) is 0 Å². The van der Waals surface area contributed by atoms with Crippen LogP contribution in [0.5, 0.6) is 0 Å². The van der Waals surface area contributed by atoms with Crippen LogP contribution in [0, 0.1) is 5.82 Å². The first kappa shape index (κ1) is 12.5. The van der Waals surface area contributed by atoms with E-state index in [1.807, 2.05) is 13.0 Å². The van der Waals surface area contributed by atoms with Crippen molar-refractivity contribution in [1.29, 1.82) is 0 Å². The Labute approximate surface area is 95.2 Å². The summed E-state index contributed by atoms with van der Waals surface area (Å²) in [6.07, 6.45) is 1.07. The summed E-state index contributed by atoms with van der Waals surface area (Å²) < 4.78 is 13.6. The number of hydrogen-bond acceptors (Lipinski definition) is 2. The van der Waals surface area contributed by atoms with Gasteiger partial charge in [-0.15, -0.1) is 11.8 Å². The van der Waals surface area contributed by atoms with E-state index in [1.165, 1.54) is 6.07 Å². The van der Waals surface area contributed by atoms with Gasteiger partial charge in [0.25, 0.3) is 0 Å². The van der Waals surface area contributed by atoms with Crippen molar-refractivity contribution in [3.05, 3.63) is 29.6 Å². The highest BCUT2D eigenvalue weighted by Gasteiger charge is 2.14. The lowest BCUT2D eigenvalue weighted by Gasteiger charge is -2.15. The van der Waals surface area contributed by atoms with Gasteiger partial charge in [-0.2, -0.15) is 0 Å². The van der Waals surface area contributed by atoms with E-state index in [0.717, 1.165) is 11.3 Å². The first-order chi connectivity index (χ1) is 7.06. The van der Waals surface area contributed by atoms with Crippen LogP contribution in [-0.2, 0) is 0 Å². The predicted molar refractivity (Wildman–Crippen MR) is 64.6 cm³/mol. The summed E-state index contributed by atoms with van der Waals surface area (Å²) in [4.78, 5) is 0.972. The summed E-state index contributed by atoms with van der Waals surface area (Å²) >= 11 is 1.69. The summed E-state index contributed by atoms with van der Waals surface area (Å²) in [5, 5.41) is 0.490. The number of nitrogens with two attached hydrogens (primary N) is 1. The first-order valence-corrected chi connectivity index (χ1v) is 6.14. The second-order valence-electron chi connectivity index (χ2n) is 3.78. The van der Waals surface area contributed by atoms with Crippen LogP contribution in [0.4, 0.5) is 4.39 Å². The Kier molecular flexibility index (Phi) is 4.61. The summed E-state index contributed by atoms with van der Waals surface area (Å²) in [7, 11) is 0. The molecule has 0 fully saturated rings. The number of halogens is 1. The van der Waals surface area contributed by atoms with E-state index in [9.17, 15) is 4.39 Å². The van der Waals surface area contributed by atoms with Crippen molar-refractivity contribution >= 4 is 11.8 Å². The molecule has 0 aromatic heterocycles. The second kappa shape index (κ2) is 5.52. The van der Waals surface area contributed by atoms with Crippen LogP contribution in [-0.4, -0.2) is 5.25 Å². The third kappa shape index (κ3) is 3.21. The van der Waals surface area contributed by atoms with Gasteiger partial charge < -0.3 is 5.73 Å². The summed E-state index contributed by atoms with van der Waals surface area (Å²) in [6, 6.07) is 4.90. The minimum absolute atomic E-state index is 0.196. The van der Waals surface area contributed by atoms with Gasteiger partial charge in [-0.05, 0) is 25.5 Å². The highest BCUT2D eigenvalue weighted by molar-refractivity contribution is 8.00. The van der Waals surface area contributed by atoms with Gasteiger partial charge in [0.2, 0.25) is 0 Å². The molecule has 0 aliphatic heterocycles. The Morgan fingerprint density at radius 3 is 2.60 bits per heavy atom. The second-order valence-corrected chi connectivity index (χ2v) is 5.26. The van der Waals surface area contributed by atoms with Crippen molar-refractivity contribution in [3.63, 3.8) is 0 Å². The Balaban J connectivity index is 3.00. The van der Waals surface area contributed by atoms with Crippen LogP contribution in [0.2, 0.25) is 0 Å². The third-order valence-electron chi connectivity index (χ3n) is 2.37. The Morgan fingerprint density at radius 1 is 1.40 bits per heavy atom. The number of hydrogen-bond donors (Lipinski definition) is 1. The van der Waals surface area contributed by atoms with Gasteiger partial charge in [-0.25, -0.2) is 4.39 Å². The highest BCUT2D eigenvalue weighted by Crippen LogP contribution is 2.32. The van der Waals surface area contributed by atoms with Gasteiger partial charge in [0, 0.05) is 21.8 Å². The molecule has 15 heavy (non-hydrogen) atoms. The Morgan fingerprint density at radius 2 is 2.07 bits per heavy atom. The molecule has 1 unspecified atom stereocenters. The maximum atomic E-state index is 13.6. The maximum absolute atomic E-state index is 13.6. The number of thioether (sulfide) groups is 1. The van der Waals surface area contributed by atoms with Gasteiger partial charge in [-0.3, -0.25) is 0 Å². The van der Waals surface area contributed by atoms with Gasteiger partial charge in [0.05, 0.1) is 0 Å². The summed E-state index contributed by atoms with van der Waals surface area (Å²) in [5.74, 6) is -0.196. The van der Waals surface area contributed by atoms with E-state index in [4.69, 9.17) is 5.73 Å².